The number of benzene rings is 2. The molecule has 0 spiro atoms. The van der Waals surface area contributed by atoms with Gasteiger partial charge >= 0.3 is 5.97 Å². The molecular weight excluding hydrogens is 300 g/mol. The number of carbonyl (C=O) groups excluding carboxylic acids is 1. The van der Waals surface area contributed by atoms with Crippen molar-refractivity contribution >= 4 is 5.97 Å². The second-order valence-electron chi connectivity index (χ2n) is 5.87. The van der Waals surface area contributed by atoms with E-state index >= 15 is 0 Å². The van der Waals surface area contributed by atoms with Gasteiger partial charge in [-0.3, -0.25) is 0 Å². The van der Waals surface area contributed by atoms with Crippen molar-refractivity contribution in [2.24, 2.45) is 0 Å². The fourth-order valence-corrected chi connectivity index (χ4v) is 2.64. The summed E-state index contributed by atoms with van der Waals surface area (Å²) < 4.78 is 11.0. The zero-order chi connectivity index (χ0) is 17.4. The molecule has 24 heavy (non-hydrogen) atoms. The molecule has 3 nitrogen and oxygen atoms in total. The number of carbonyl (C=O) groups is 1. The fourth-order valence-electron chi connectivity index (χ4n) is 2.64. The molecule has 0 aliphatic heterocycles. The van der Waals surface area contributed by atoms with Crippen LogP contribution in [-0.4, -0.2) is 19.2 Å². The Bertz CT molecular complexity index is 662. The standard InChI is InChI=1S/C21H26O3/c1-4-23-21(22)19-13-14-20(17(3)16(19)2)24-15-9-8-12-18-10-6-5-7-11-18/h5-7,10-11,13-14H,4,8-9,12,15H2,1-3H3. The van der Waals surface area contributed by atoms with E-state index in [4.69, 9.17) is 9.47 Å². The highest BCUT2D eigenvalue weighted by Crippen LogP contribution is 2.25. The molecule has 2 rings (SSSR count). The molecule has 0 saturated heterocycles. The molecule has 0 fully saturated rings. The minimum Gasteiger partial charge on any atom is -0.493 e. The van der Waals surface area contributed by atoms with Gasteiger partial charge in [0, 0.05) is 0 Å². The minimum atomic E-state index is -0.271. The molecule has 0 radical (unpaired) electrons. The van der Waals surface area contributed by atoms with Crippen molar-refractivity contribution in [3.8, 4) is 5.75 Å². The normalized spacial score (nSPS) is 10.5. The summed E-state index contributed by atoms with van der Waals surface area (Å²) >= 11 is 0. The first kappa shape index (κ1) is 18.1. The monoisotopic (exact) mass is 326 g/mol. The first-order valence-corrected chi connectivity index (χ1v) is 8.57. The van der Waals surface area contributed by atoms with Crippen LogP contribution in [0.1, 0.15) is 46.8 Å². The maximum absolute atomic E-state index is 11.9. The van der Waals surface area contributed by atoms with Crippen LogP contribution in [0.15, 0.2) is 42.5 Å². The van der Waals surface area contributed by atoms with Gasteiger partial charge in [-0.15, -0.1) is 0 Å². The summed E-state index contributed by atoms with van der Waals surface area (Å²) in [5.41, 5.74) is 3.91. The van der Waals surface area contributed by atoms with Crippen molar-refractivity contribution in [3.63, 3.8) is 0 Å². The summed E-state index contributed by atoms with van der Waals surface area (Å²) in [5, 5.41) is 0. The smallest absolute Gasteiger partial charge is 0.338 e. The van der Waals surface area contributed by atoms with Gasteiger partial charge in [-0.05, 0) is 68.9 Å². The maximum atomic E-state index is 11.9. The number of rotatable bonds is 8. The average molecular weight is 326 g/mol. The van der Waals surface area contributed by atoms with Gasteiger partial charge in [0.05, 0.1) is 18.8 Å². The molecule has 0 atom stereocenters. The van der Waals surface area contributed by atoms with E-state index in [1.807, 2.05) is 32.9 Å². The lowest BCUT2D eigenvalue weighted by Crippen LogP contribution is -2.09. The highest BCUT2D eigenvalue weighted by Gasteiger charge is 2.14. The zero-order valence-corrected chi connectivity index (χ0v) is 14.8. The summed E-state index contributed by atoms with van der Waals surface area (Å²) in [7, 11) is 0. The van der Waals surface area contributed by atoms with Crippen molar-refractivity contribution in [1.82, 2.24) is 0 Å². The molecule has 0 unspecified atom stereocenters. The average Bonchev–Trinajstić information content (AvgIpc) is 2.59. The van der Waals surface area contributed by atoms with E-state index in [1.54, 1.807) is 6.07 Å². The van der Waals surface area contributed by atoms with Crippen LogP contribution in [0, 0.1) is 13.8 Å². The second kappa shape index (κ2) is 9.11. The lowest BCUT2D eigenvalue weighted by atomic mass is 10.0. The predicted octanol–water partition coefficient (Wildman–Crippen LogP) is 4.88. The molecule has 2 aromatic carbocycles. The van der Waals surface area contributed by atoms with Gasteiger partial charge in [0.1, 0.15) is 5.75 Å². The van der Waals surface area contributed by atoms with Crippen LogP contribution in [0.3, 0.4) is 0 Å². The first-order valence-electron chi connectivity index (χ1n) is 8.57. The van der Waals surface area contributed by atoms with Gasteiger partial charge in [-0.1, -0.05) is 30.3 Å². The largest absolute Gasteiger partial charge is 0.493 e. The van der Waals surface area contributed by atoms with Crippen LogP contribution in [0.2, 0.25) is 0 Å². The van der Waals surface area contributed by atoms with E-state index in [0.717, 1.165) is 36.1 Å². The lowest BCUT2D eigenvalue weighted by Gasteiger charge is -2.14. The van der Waals surface area contributed by atoms with E-state index < -0.39 is 0 Å². The number of esters is 1. The molecule has 128 valence electrons. The second-order valence-corrected chi connectivity index (χ2v) is 5.87. The Morgan fingerprint density at radius 1 is 0.958 bits per heavy atom. The van der Waals surface area contributed by atoms with Crippen molar-refractivity contribution < 1.29 is 14.3 Å². The Kier molecular flexibility index (Phi) is 6.86. The lowest BCUT2D eigenvalue weighted by molar-refractivity contribution is 0.0525. The highest BCUT2D eigenvalue weighted by molar-refractivity contribution is 5.91. The van der Waals surface area contributed by atoms with Gasteiger partial charge in [-0.25, -0.2) is 4.79 Å². The van der Waals surface area contributed by atoms with Crippen LogP contribution >= 0.6 is 0 Å². The van der Waals surface area contributed by atoms with Gasteiger partial charge in [0.2, 0.25) is 0 Å². The molecule has 0 bridgehead atoms. The molecule has 0 aromatic heterocycles. The number of unbranched alkanes of at least 4 members (excludes halogenated alkanes) is 1. The van der Waals surface area contributed by atoms with Gasteiger partial charge < -0.3 is 9.47 Å². The Morgan fingerprint density at radius 3 is 2.42 bits per heavy atom. The molecule has 3 heteroatoms. The first-order chi connectivity index (χ1) is 11.6. The van der Waals surface area contributed by atoms with Gasteiger partial charge in [0.15, 0.2) is 0 Å². The van der Waals surface area contributed by atoms with Crippen molar-refractivity contribution in [1.29, 1.82) is 0 Å². The number of hydrogen-bond acceptors (Lipinski definition) is 3. The van der Waals surface area contributed by atoms with Crippen molar-refractivity contribution in [3.05, 3.63) is 64.7 Å². The van der Waals surface area contributed by atoms with E-state index in [0.29, 0.717) is 18.8 Å². The molecule has 2 aromatic rings. The molecule has 0 amide bonds. The minimum absolute atomic E-state index is 0.271. The summed E-state index contributed by atoms with van der Waals surface area (Å²) in [6.07, 6.45) is 3.18. The van der Waals surface area contributed by atoms with Crippen molar-refractivity contribution in [2.45, 2.75) is 40.0 Å². The summed E-state index contributed by atoms with van der Waals surface area (Å²) in [6, 6.07) is 14.2. The van der Waals surface area contributed by atoms with E-state index in [2.05, 4.69) is 24.3 Å². The maximum Gasteiger partial charge on any atom is 0.338 e. The third-order valence-electron chi connectivity index (χ3n) is 4.19. The Balaban J connectivity index is 1.84. The highest BCUT2D eigenvalue weighted by atomic mass is 16.5. The Labute approximate surface area is 144 Å². The van der Waals surface area contributed by atoms with Gasteiger partial charge in [0.25, 0.3) is 0 Å². The number of ether oxygens (including phenoxy) is 2. The quantitative estimate of drug-likeness (QED) is 0.512. The van der Waals surface area contributed by atoms with Crippen LogP contribution in [0.5, 0.6) is 5.75 Å². The third-order valence-corrected chi connectivity index (χ3v) is 4.19. The van der Waals surface area contributed by atoms with Gasteiger partial charge in [-0.2, -0.15) is 0 Å². The molecule has 0 aliphatic carbocycles. The molecule has 0 N–H and O–H groups in total. The predicted molar refractivity (Wildman–Crippen MR) is 96.7 cm³/mol. The molecule has 0 saturated carbocycles. The third kappa shape index (κ3) is 4.85. The zero-order valence-electron chi connectivity index (χ0n) is 14.8. The number of aryl methyl sites for hydroxylation is 1. The van der Waals surface area contributed by atoms with E-state index in [-0.39, 0.29) is 5.97 Å². The topological polar surface area (TPSA) is 35.5 Å². The summed E-state index contributed by atoms with van der Waals surface area (Å²) in [6.45, 7) is 6.80. The van der Waals surface area contributed by atoms with Crippen LogP contribution in [0.4, 0.5) is 0 Å². The summed E-state index contributed by atoms with van der Waals surface area (Å²) in [4.78, 5) is 11.9. The Hall–Kier alpha value is -2.29. The Morgan fingerprint density at radius 2 is 1.71 bits per heavy atom. The van der Waals surface area contributed by atoms with Crippen molar-refractivity contribution in [2.75, 3.05) is 13.2 Å². The van der Waals surface area contributed by atoms with E-state index in [9.17, 15) is 4.79 Å². The SMILES string of the molecule is CCOC(=O)c1ccc(OCCCCc2ccccc2)c(C)c1C. The summed E-state index contributed by atoms with van der Waals surface area (Å²) in [5.74, 6) is 0.577. The van der Waals surface area contributed by atoms with Crippen LogP contribution in [-0.2, 0) is 11.2 Å². The fraction of sp³-hybridized carbons (Fsp3) is 0.381. The molecular formula is C21H26O3. The number of hydrogen-bond donors (Lipinski definition) is 0. The van der Waals surface area contributed by atoms with Crippen LogP contribution in [0.25, 0.3) is 0 Å². The van der Waals surface area contributed by atoms with Crippen LogP contribution < -0.4 is 4.74 Å². The van der Waals surface area contributed by atoms with E-state index in [1.165, 1.54) is 5.56 Å². The molecule has 0 aliphatic rings. The molecule has 0 heterocycles.